The van der Waals surface area contributed by atoms with E-state index in [1.165, 1.54) is 0 Å². The molecule has 1 fully saturated rings. The number of hydrogen-bond acceptors (Lipinski definition) is 5. The third-order valence-electron chi connectivity index (χ3n) is 4.96. The highest BCUT2D eigenvalue weighted by Gasteiger charge is 2.38. The average molecular weight is 463 g/mol. The summed E-state index contributed by atoms with van der Waals surface area (Å²) in [5.74, 6) is -3.25. The quantitative estimate of drug-likeness (QED) is 0.538. The third-order valence-corrected chi connectivity index (χ3v) is 4.96. The molecule has 0 aliphatic carbocycles. The fourth-order valence-corrected chi connectivity index (χ4v) is 3.27. The summed E-state index contributed by atoms with van der Waals surface area (Å²) in [4.78, 5) is 34.2. The number of carbonyl (C=O) groups is 3. The molecule has 1 aliphatic heterocycles. The molecule has 33 heavy (non-hydrogen) atoms. The van der Waals surface area contributed by atoms with E-state index in [9.17, 15) is 22.8 Å². The van der Waals surface area contributed by atoms with Crippen LogP contribution in [-0.2, 0) is 16.1 Å². The summed E-state index contributed by atoms with van der Waals surface area (Å²) in [6.45, 7) is 1.25. The summed E-state index contributed by atoms with van der Waals surface area (Å²) < 4.78 is 33.5. The number of carboxylic acids is 1. The summed E-state index contributed by atoms with van der Waals surface area (Å²) in [6.07, 6.45) is -2.52. The van der Waals surface area contributed by atoms with Crippen LogP contribution in [-0.4, -0.2) is 56.3 Å². The molecule has 12 heteroatoms. The van der Waals surface area contributed by atoms with Gasteiger partial charge in [0, 0.05) is 24.7 Å². The standard InChI is InChI=1S/C19H19N5O2.C2HF3O2/c20-16-8-9-23(19(16)26)10-12-4-6-14(7-5-12)24-11-13-2-1-3-15(18(21)25)17(13)22-24;3-2(4,5)1(6)7/h1-7,11,16H,8-10,20H2,(H2,21,25);(H,6,7). The third kappa shape index (κ3) is 5.47. The van der Waals surface area contributed by atoms with Crippen molar-refractivity contribution in [3.8, 4) is 5.69 Å². The molecule has 2 amide bonds. The molecule has 4 rings (SSSR count). The minimum Gasteiger partial charge on any atom is -0.475 e. The van der Waals surface area contributed by atoms with Crippen molar-refractivity contribution in [3.05, 3.63) is 59.8 Å². The van der Waals surface area contributed by atoms with Crippen molar-refractivity contribution in [2.75, 3.05) is 6.54 Å². The SMILES string of the molecule is NC(=O)c1cccc2cn(-c3ccc(CN4CCC(N)C4=O)cc3)nc12.O=C(O)C(F)(F)F. The van der Waals surface area contributed by atoms with Gasteiger partial charge in [0.15, 0.2) is 0 Å². The second-order valence-electron chi connectivity index (χ2n) is 7.31. The van der Waals surface area contributed by atoms with E-state index < -0.39 is 18.1 Å². The first-order valence-electron chi connectivity index (χ1n) is 9.69. The summed E-state index contributed by atoms with van der Waals surface area (Å²) in [7, 11) is 0. The number of halogens is 3. The molecule has 1 unspecified atom stereocenters. The molecule has 1 atom stereocenters. The second kappa shape index (κ2) is 9.28. The lowest BCUT2D eigenvalue weighted by Gasteiger charge is -2.16. The largest absolute Gasteiger partial charge is 0.490 e. The van der Waals surface area contributed by atoms with E-state index in [0.29, 0.717) is 30.6 Å². The van der Waals surface area contributed by atoms with Crippen LogP contribution in [0.1, 0.15) is 22.3 Å². The number of nitrogens with zero attached hydrogens (tertiary/aromatic N) is 3. The van der Waals surface area contributed by atoms with Crippen molar-refractivity contribution in [2.24, 2.45) is 11.5 Å². The fourth-order valence-electron chi connectivity index (χ4n) is 3.27. The lowest BCUT2D eigenvalue weighted by molar-refractivity contribution is -0.192. The Morgan fingerprint density at radius 2 is 1.79 bits per heavy atom. The van der Waals surface area contributed by atoms with E-state index >= 15 is 0 Å². The van der Waals surface area contributed by atoms with Gasteiger partial charge >= 0.3 is 12.1 Å². The van der Waals surface area contributed by atoms with Crippen molar-refractivity contribution in [1.29, 1.82) is 0 Å². The molecule has 3 aromatic rings. The molecule has 2 heterocycles. The predicted molar refractivity (Wildman–Crippen MR) is 111 cm³/mol. The fraction of sp³-hybridized carbons (Fsp3) is 0.238. The van der Waals surface area contributed by atoms with Crippen LogP contribution in [0.4, 0.5) is 13.2 Å². The Kier molecular flexibility index (Phi) is 6.68. The van der Waals surface area contributed by atoms with Gasteiger partial charge in [-0.1, -0.05) is 24.3 Å². The highest BCUT2D eigenvalue weighted by atomic mass is 19.4. The number of fused-ring (bicyclic) bond motifs is 1. The number of amides is 2. The Labute approximate surface area is 185 Å². The first-order chi connectivity index (χ1) is 15.5. The molecule has 2 aromatic carbocycles. The van der Waals surface area contributed by atoms with Crippen molar-refractivity contribution in [3.63, 3.8) is 0 Å². The highest BCUT2D eigenvalue weighted by Crippen LogP contribution is 2.20. The van der Waals surface area contributed by atoms with Gasteiger partial charge in [-0.3, -0.25) is 9.59 Å². The van der Waals surface area contributed by atoms with E-state index in [2.05, 4.69) is 5.10 Å². The van der Waals surface area contributed by atoms with Gasteiger partial charge in [-0.15, -0.1) is 0 Å². The zero-order valence-corrected chi connectivity index (χ0v) is 17.1. The van der Waals surface area contributed by atoms with Crippen LogP contribution in [0.5, 0.6) is 0 Å². The zero-order chi connectivity index (χ0) is 24.3. The number of likely N-dealkylation sites (tertiary alicyclic amines) is 1. The molecule has 1 aliphatic rings. The van der Waals surface area contributed by atoms with Crippen LogP contribution in [0, 0.1) is 0 Å². The molecule has 174 valence electrons. The summed E-state index contributed by atoms with van der Waals surface area (Å²) in [5, 5.41) is 12.5. The Balaban J connectivity index is 0.000000383. The number of carbonyl (C=O) groups excluding carboxylic acids is 2. The van der Waals surface area contributed by atoms with Gasteiger partial charge in [0.05, 0.1) is 17.3 Å². The number of benzene rings is 2. The van der Waals surface area contributed by atoms with E-state index in [0.717, 1.165) is 16.6 Å². The smallest absolute Gasteiger partial charge is 0.475 e. The van der Waals surface area contributed by atoms with Gasteiger partial charge in [-0.2, -0.15) is 18.3 Å². The monoisotopic (exact) mass is 463 g/mol. The number of aromatic nitrogens is 2. The van der Waals surface area contributed by atoms with Crippen molar-refractivity contribution in [2.45, 2.75) is 25.2 Å². The average Bonchev–Trinajstić information content (AvgIpc) is 3.32. The Morgan fingerprint density at radius 3 is 2.30 bits per heavy atom. The number of alkyl halides is 3. The van der Waals surface area contributed by atoms with Gasteiger partial charge in [-0.05, 0) is 30.2 Å². The molecule has 5 N–H and O–H groups in total. The molecular weight excluding hydrogens is 443 g/mol. The van der Waals surface area contributed by atoms with Crippen LogP contribution >= 0.6 is 0 Å². The Bertz CT molecular complexity index is 1190. The molecular formula is C21H20F3N5O4. The second-order valence-corrected chi connectivity index (χ2v) is 7.31. The van der Waals surface area contributed by atoms with Crippen molar-refractivity contribution in [1.82, 2.24) is 14.7 Å². The summed E-state index contributed by atoms with van der Waals surface area (Å²) in [6, 6.07) is 12.8. The molecule has 0 spiro atoms. The molecule has 0 bridgehead atoms. The zero-order valence-electron chi connectivity index (χ0n) is 17.1. The number of aliphatic carboxylic acids is 1. The normalized spacial score (nSPS) is 15.9. The van der Waals surface area contributed by atoms with Crippen LogP contribution in [0.25, 0.3) is 16.6 Å². The molecule has 9 nitrogen and oxygen atoms in total. The predicted octanol–water partition coefficient (Wildman–Crippen LogP) is 1.82. The number of rotatable bonds is 4. The van der Waals surface area contributed by atoms with Crippen molar-refractivity contribution < 1.29 is 32.7 Å². The minimum atomic E-state index is -5.08. The minimum absolute atomic E-state index is 0.00591. The lowest BCUT2D eigenvalue weighted by Crippen LogP contribution is -2.33. The summed E-state index contributed by atoms with van der Waals surface area (Å²) >= 11 is 0. The van der Waals surface area contributed by atoms with Crippen LogP contribution in [0.3, 0.4) is 0 Å². The summed E-state index contributed by atoms with van der Waals surface area (Å²) in [5.41, 5.74) is 14.1. The van der Waals surface area contributed by atoms with Crippen LogP contribution in [0.15, 0.2) is 48.7 Å². The first kappa shape index (κ1) is 23.7. The molecule has 1 aromatic heterocycles. The molecule has 1 saturated heterocycles. The highest BCUT2D eigenvalue weighted by molar-refractivity contribution is 6.04. The van der Waals surface area contributed by atoms with E-state index in [1.807, 2.05) is 36.5 Å². The number of carboxylic acid groups (broad SMARTS) is 1. The van der Waals surface area contributed by atoms with Crippen LogP contribution in [0.2, 0.25) is 0 Å². The Hall–Kier alpha value is -3.93. The number of hydrogen-bond donors (Lipinski definition) is 3. The van der Waals surface area contributed by atoms with Crippen LogP contribution < -0.4 is 11.5 Å². The number of primary amides is 1. The molecule has 0 saturated carbocycles. The van der Waals surface area contributed by atoms with Gasteiger partial charge in [0.2, 0.25) is 5.91 Å². The van der Waals surface area contributed by atoms with E-state index in [1.54, 1.807) is 21.7 Å². The maximum absolute atomic E-state index is 11.9. The van der Waals surface area contributed by atoms with E-state index in [4.69, 9.17) is 21.4 Å². The van der Waals surface area contributed by atoms with Gasteiger partial charge in [0.25, 0.3) is 5.91 Å². The Morgan fingerprint density at radius 1 is 1.15 bits per heavy atom. The first-order valence-corrected chi connectivity index (χ1v) is 9.69. The topological polar surface area (TPSA) is 145 Å². The van der Waals surface area contributed by atoms with Gasteiger partial charge in [0.1, 0.15) is 5.52 Å². The number of nitrogens with two attached hydrogens (primary N) is 2. The van der Waals surface area contributed by atoms with Crippen molar-refractivity contribution >= 4 is 28.7 Å². The van der Waals surface area contributed by atoms with E-state index in [-0.39, 0.29) is 11.9 Å². The maximum atomic E-state index is 11.9. The van der Waals surface area contributed by atoms with Gasteiger partial charge in [-0.25, -0.2) is 9.48 Å². The maximum Gasteiger partial charge on any atom is 0.490 e. The van der Waals surface area contributed by atoms with Gasteiger partial charge < -0.3 is 21.5 Å². The lowest BCUT2D eigenvalue weighted by atomic mass is 10.1. The molecule has 0 radical (unpaired) electrons.